The number of hydrogen-bond acceptors (Lipinski definition) is 3. The van der Waals surface area contributed by atoms with E-state index in [-0.39, 0.29) is 0 Å². The Hall–Kier alpha value is 0.270. The third-order valence-electron chi connectivity index (χ3n) is 3.93. The molecular formula is C12H23NOS. The van der Waals surface area contributed by atoms with Gasteiger partial charge in [0.05, 0.1) is 6.61 Å². The first-order valence-corrected chi connectivity index (χ1v) is 7.34. The summed E-state index contributed by atoms with van der Waals surface area (Å²) in [7, 11) is 1.84. The average Bonchev–Trinajstić information content (AvgIpc) is 2.32. The van der Waals surface area contributed by atoms with Gasteiger partial charge < -0.3 is 10.1 Å². The monoisotopic (exact) mass is 229 g/mol. The van der Waals surface area contributed by atoms with Gasteiger partial charge in [-0.3, -0.25) is 0 Å². The van der Waals surface area contributed by atoms with E-state index < -0.39 is 0 Å². The van der Waals surface area contributed by atoms with Crippen LogP contribution >= 0.6 is 11.8 Å². The molecule has 1 N–H and O–H groups in total. The summed E-state index contributed by atoms with van der Waals surface area (Å²) in [6, 6.07) is 0. The molecule has 3 heteroatoms. The van der Waals surface area contributed by atoms with Crippen LogP contribution in [0.1, 0.15) is 32.1 Å². The number of piperidine rings is 1. The fraction of sp³-hybridized carbons (Fsp3) is 1.00. The molecule has 2 rings (SSSR count). The predicted octanol–water partition coefficient (Wildman–Crippen LogP) is 2.29. The minimum atomic E-state index is 0.313. The Kier molecular flexibility index (Phi) is 4.35. The zero-order valence-electron chi connectivity index (χ0n) is 9.76. The van der Waals surface area contributed by atoms with E-state index in [0.717, 1.165) is 12.5 Å². The van der Waals surface area contributed by atoms with Crippen molar-refractivity contribution in [3.63, 3.8) is 0 Å². The fourth-order valence-electron chi connectivity index (χ4n) is 3.09. The summed E-state index contributed by atoms with van der Waals surface area (Å²) in [5.74, 6) is 3.54. The number of nitrogens with one attached hydrogen (secondary N) is 1. The van der Waals surface area contributed by atoms with Gasteiger partial charge in [0, 0.05) is 12.6 Å². The number of rotatable bonds is 3. The fourth-order valence-corrected chi connectivity index (χ4v) is 4.19. The highest BCUT2D eigenvalue weighted by Gasteiger charge is 2.39. The van der Waals surface area contributed by atoms with E-state index in [1.54, 1.807) is 0 Å². The van der Waals surface area contributed by atoms with Crippen LogP contribution in [0.25, 0.3) is 0 Å². The third kappa shape index (κ3) is 2.69. The normalized spacial score (nSPS) is 34.2. The number of methoxy groups -OCH3 is 1. The molecule has 0 aromatic rings. The second kappa shape index (κ2) is 5.55. The van der Waals surface area contributed by atoms with Gasteiger partial charge in [0.25, 0.3) is 0 Å². The predicted molar refractivity (Wildman–Crippen MR) is 66.5 cm³/mol. The zero-order chi connectivity index (χ0) is 10.6. The lowest BCUT2D eigenvalue weighted by molar-refractivity contribution is 0.0443. The highest BCUT2D eigenvalue weighted by atomic mass is 32.2. The summed E-state index contributed by atoms with van der Waals surface area (Å²) in [4.78, 5) is 0. The van der Waals surface area contributed by atoms with Crippen LogP contribution in [-0.2, 0) is 4.74 Å². The molecule has 0 amide bonds. The van der Waals surface area contributed by atoms with Crippen LogP contribution in [0.2, 0.25) is 0 Å². The lowest BCUT2D eigenvalue weighted by atomic mass is 9.75. The van der Waals surface area contributed by atoms with Gasteiger partial charge in [0.15, 0.2) is 0 Å². The van der Waals surface area contributed by atoms with Gasteiger partial charge in [0.2, 0.25) is 0 Å². The molecule has 1 unspecified atom stereocenters. The molecule has 15 heavy (non-hydrogen) atoms. The van der Waals surface area contributed by atoms with Crippen molar-refractivity contribution < 1.29 is 4.74 Å². The smallest absolute Gasteiger partial charge is 0.0647 e. The van der Waals surface area contributed by atoms with E-state index in [0.29, 0.717) is 5.54 Å². The largest absolute Gasteiger partial charge is 0.383 e. The topological polar surface area (TPSA) is 21.3 Å². The average molecular weight is 229 g/mol. The summed E-state index contributed by atoms with van der Waals surface area (Å²) in [5, 5.41) is 3.77. The molecule has 2 saturated heterocycles. The lowest BCUT2D eigenvalue weighted by Gasteiger charge is -2.45. The molecule has 0 aromatic carbocycles. The molecular weight excluding hydrogens is 206 g/mol. The Balaban J connectivity index is 2.01. The highest BCUT2D eigenvalue weighted by Crippen LogP contribution is 2.36. The van der Waals surface area contributed by atoms with Gasteiger partial charge in [-0.1, -0.05) is 6.42 Å². The molecule has 2 nitrogen and oxygen atoms in total. The molecule has 0 aromatic heterocycles. The molecule has 0 radical (unpaired) electrons. The van der Waals surface area contributed by atoms with Crippen molar-refractivity contribution in [3.05, 3.63) is 0 Å². The Morgan fingerprint density at radius 1 is 1.33 bits per heavy atom. The SMILES string of the molecule is COCC1(C2CCSCC2)CCCCN1. The van der Waals surface area contributed by atoms with E-state index in [1.807, 2.05) is 7.11 Å². The Morgan fingerprint density at radius 3 is 2.73 bits per heavy atom. The zero-order valence-corrected chi connectivity index (χ0v) is 10.6. The van der Waals surface area contributed by atoms with Crippen molar-refractivity contribution in [2.45, 2.75) is 37.6 Å². The van der Waals surface area contributed by atoms with Gasteiger partial charge in [-0.15, -0.1) is 0 Å². The molecule has 0 saturated carbocycles. The Morgan fingerprint density at radius 2 is 2.13 bits per heavy atom. The van der Waals surface area contributed by atoms with Gasteiger partial charge in [0.1, 0.15) is 0 Å². The van der Waals surface area contributed by atoms with E-state index in [2.05, 4.69) is 17.1 Å². The van der Waals surface area contributed by atoms with Crippen LogP contribution in [0.4, 0.5) is 0 Å². The molecule has 2 heterocycles. The Bertz CT molecular complexity index is 181. The summed E-state index contributed by atoms with van der Waals surface area (Å²) < 4.78 is 5.47. The van der Waals surface area contributed by atoms with Gasteiger partial charge in [-0.25, -0.2) is 0 Å². The molecule has 2 aliphatic rings. The summed E-state index contributed by atoms with van der Waals surface area (Å²) >= 11 is 2.11. The van der Waals surface area contributed by atoms with Crippen molar-refractivity contribution in [3.8, 4) is 0 Å². The van der Waals surface area contributed by atoms with Crippen molar-refractivity contribution in [2.24, 2.45) is 5.92 Å². The van der Waals surface area contributed by atoms with Gasteiger partial charge in [-0.2, -0.15) is 11.8 Å². The van der Waals surface area contributed by atoms with E-state index >= 15 is 0 Å². The molecule has 0 spiro atoms. The number of ether oxygens (including phenoxy) is 1. The molecule has 2 aliphatic heterocycles. The van der Waals surface area contributed by atoms with Crippen molar-refractivity contribution in [1.29, 1.82) is 0 Å². The maximum atomic E-state index is 5.47. The van der Waals surface area contributed by atoms with Crippen LogP contribution in [0.15, 0.2) is 0 Å². The first-order chi connectivity index (χ1) is 7.37. The van der Waals surface area contributed by atoms with Crippen LogP contribution in [-0.4, -0.2) is 37.3 Å². The van der Waals surface area contributed by atoms with Crippen molar-refractivity contribution in [2.75, 3.05) is 31.8 Å². The third-order valence-corrected chi connectivity index (χ3v) is 4.98. The Labute approximate surface area is 97.5 Å². The van der Waals surface area contributed by atoms with Crippen LogP contribution in [0.5, 0.6) is 0 Å². The van der Waals surface area contributed by atoms with Crippen LogP contribution < -0.4 is 5.32 Å². The second-order valence-corrected chi connectivity index (χ2v) is 6.08. The van der Waals surface area contributed by atoms with Gasteiger partial charge in [-0.05, 0) is 49.7 Å². The summed E-state index contributed by atoms with van der Waals surface area (Å²) in [6.07, 6.45) is 6.78. The van der Waals surface area contributed by atoms with Crippen molar-refractivity contribution >= 4 is 11.8 Å². The van der Waals surface area contributed by atoms with Crippen LogP contribution in [0.3, 0.4) is 0 Å². The van der Waals surface area contributed by atoms with Crippen molar-refractivity contribution in [1.82, 2.24) is 5.32 Å². The molecule has 0 aliphatic carbocycles. The van der Waals surface area contributed by atoms with E-state index in [9.17, 15) is 0 Å². The second-order valence-electron chi connectivity index (χ2n) is 4.86. The maximum absolute atomic E-state index is 5.47. The number of thioether (sulfide) groups is 1. The standard InChI is InChI=1S/C12H23NOS/c1-14-10-12(6-2-3-7-13-12)11-4-8-15-9-5-11/h11,13H,2-10H2,1H3. The molecule has 0 bridgehead atoms. The van der Waals surface area contributed by atoms with Crippen LogP contribution in [0, 0.1) is 5.92 Å². The quantitative estimate of drug-likeness (QED) is 0.802. The molecule has 2 fully saturated rings. The number of hydrogen-bond donors (Lipinski definition) is 1. The lowest BCUT2D eigenvalue weighted by Crippen LogP contribution is -2.57. The van der Waals surface area contributed by atoms with E-state index in [1.165, 1.54) is 50.2 Å². The summed E-state index contributed by atoms with van der Waals surface area (Å²) in [6.45, 7) is 2.09. The first kappa shape index (κ1) is 11.7. The highest BCUT2D eigenvalue weighted by molar-refractivity contribution is 7.99. The molecule has 1 atom stereocenters. The summed E-state index contributed by atoms with van der Waals surface area (Å²) in [5.41, 5.74) is 0.313. The maximum Gasteiger partial charge on any atom is 0.0647 e. The van der Waals surface area contributed by atoms with E-state index in [4.69, 9.17) is 4.74 Å². The van der Waals surface area contributed by atoms with Gasteiger partial charge >= 0.3 is 0 Å². The molecule has 88 valence electrons. The first-order valence-electron chi connectivity index (χ1n) is 6.19. The minimum Gasteiger partial charge on any atom is -0.383 e. The minimum absolute atomic E-state index is 0.313.